The quantitative estimate of drug-likeness (QED) is 0.570. The molecule has 1 saturated heterocycles. The van der Waals surface area contributed by atoms with E-state index in [9.17, 15) is 26.7 Å². The lowest BCUT2D eigenvalue weighted by Crippen LogP contribution is -2.33. The van der Waals surface area contributed by atoms with Crippen molar-refractivity contribution >= 4 is 11.9 Å². The van der Waals surface area contributed by atoms with E-state index in [1.807, 2.05) is 0 Å². The van der Waals surface area contributed by atoms with Crippen molar-refractivity contribution < 1.29 is 35.9 Å². The molecule has 0 aliphatic carbocycles. The summed E-state index contributed by atoms with van der Waals surface area (Å²) in [4.78, 5) is 15.9. The Morgan fingerprint density at radius 2 is 1.91 bits per heavy atom. The largest absolute Gasteiger partial charge is 0.497 e. The van der Waals surface area contributed by atoms with Crippen molar-refractivity contribution in [3.05, 3.63) is 53.2 Å². The molecule has 13 heteroatoms. The normalized spacial score (nSPS) is 18.5. The maximum atomic E-state index is 14.5. The number of hydrogen-bond donors (Lipinski definition) is 2. The average molecular weight is 455 g/mol. The van der Waals surface area contributed by atoms with Gasteiger partial charge in [-0.1, -0.05) is 5.10 Å². The number of carbonyl (C=O) groups is 1. The second-order valence-corrected chi connectivity index (χ2v) is 6.82. The van der Waals surface area contributed by atoms with Gasteiger partial charge in [0.15, 0.2) is 0 Å². The van der Waals surface area contributed by atoms with Crippen LogP contribution in [0.15, 0.2) is 34.9 Å². The summed E-state index contributed by atoms with van der Waals surface area (Å²) in [5.41, 5.74) is -1.31. The highest BCUT2D eigenvalue weighted by Crippen LogP contribution is 2.33. The highest BCUT2D eigenvalue weighted by molar-refractivity contribution is 5.88. The fourth-order valence-electron chi connectivity index (χ4n) is 3.30. The molecule has 1 aromatic carbocycles. The second-order valence-electron chi connectivity index (χ2n) is 6.82. The number of ether oxygens (including phenoxy) is 1. The van der Waals surface area contributed by atoms with E-state index in [-0.39, 0.29) is 35.5 Å². The van der Waals surface area contributed by atoms with Crippen LogP contribution >= 0.6 is 0 Å². The number of anilines is 1. The number of methoxy groups -OCH3 is 1. The van der Waals surface area contributed by atoms with Gasteiger partial charge < -0.3 is 19.8 Å². The molecule has 3 heterocycles. The Balaban J connectivity index is 1.56. The van der Waals surface area contributed by atoms with Gasteiger partial charge in [-0.3, -0.25) is 9.78 Å². The number of rotatable bonds is 5. The predicted molar refractivity (Wildman–Crippen MR) is 98.6 cm³/mol. The van der Waals surface area contributed by atoms with Gasteiger partial charge in [-0.25, -0.2) is 8.78 Å². The third-order valence-electron chi connectivity index (χ3n) is 4.85. The third-order valence-corrected chi connectivity index (χ3v) is 4.85. The molecule has 0 unspecified atom stereocenters. The van der Waals surface area contributed by atoms with Crippen LogP contribution in [-0.2, 0) is 11.0 Å². The molecule has 1 aliphatic rings. The lowest BCUT2D eigenvalue weighted by Gasteiger charge is -2.19. The van der Waals surface area contributed by atoms with E-state index in [4.69, 9.17) is 9.15 Å². The van der Waals surface area contributed by atoms with Crippen molar-refractivity contribution in [2.45, 2.75) is 18.1 Å². The van der Waals surface area contributed by atoms with Gasteiger partial charge in [0.25, 0.3) is 5.89 Å². The van der Waals surface area contributed by atoms with Crippen molar-refractivity contribution in [2.24, 2.45) is 0 Å². The molecule has 0 bridgehead atoms. The summed E-state index contributed by atoms with van der Waals surface area (Å²) < 4.78 is 77.2. The van der Waals surface area contributed by atoms with Gasteiger partial charge in [-0.05, 0) is 12.1 Å². The van der Waals surface area contributed by atoms with Crippen LogP contribution in [0, 0.1) is 11.6 Å². The highest BCUT2D eigenvalue weighted by Gasteiger charge is 2.40. The summed E-state index contributed by atoms with van der Waals surface area (Å²) in [5, 5.41) is 12.5. The molecule has 2 atom stereocenters. The zero-order valence-electron chi connectivity index (χ0n) is 16.2. The molecule has 2 aromatic heterocycles. The van der Waals surface area contributed by atoms with Gasteiger partial charge in [0.2, 0.25) is 5.91 Å². The molecular formula is C19H14F5N5O3. The Morgan fingerprint density at radius 3 is 2.50 bits per heavy atom. The summed E-state index contributed by atoms with van der Waals surface area (Å²) >= 11 is 0. The first-order valence-corrected chi connectivity index (χ1v) is 9.11. The molecule has 32 heavy (non-hydrogen) atoms. The minimum Gasteiger partial charge on any atom is -0.497 e. The van der Waals surface area contributed by atoms with E-state index < -0.39 is 41.2 Å². The number of amides is 1. The Kier molecular flexibility index (Phi) is 5.40. The number of benzene rings is 1. The van der Waals surface area contributed by atoms with E-state index in [1.165, 1.54) is 7.11 Å². The number of halogens is 5. The Bertz CT molecular complexity index is 1130. The SMILES string of the molecule is COc1cc(F)c([C@@H]2CNC(=O)[C@H]2Nc2nnc(-c3ccc(C(F)(F)F)cn3)o2)c(F)c1. The maximum Gasteiger partial charge on any atom is 0.417 e. The first-order chi connectivity index (χ1) is 15.2. The number of nitrogens with zero attached hydrogens (tertiary/aromatic N) is 3. The molecule has 2 N–H and O–H groups in total. The molecule has 1 amide bonds. The number of pyridine rings is 1. The molecular weight excluding hydrogens is 441 g/mol. The van der Waals surface area contributed by atoms with Crippen molar-refractivity contribution in [3.63, 3.8) is 0 Å². The van der Waals surface area contributed by atoms with Gasteiger partial charge in [0.1, 0.15) is 29.1 Å². The predicted octanol–water partition coefficient (Wildman–Crippen LogP) is 3.13. The van der Waals surface area contributed by atoms with E-state index in [1.54, 1.807) is 0 Å². The van der Waals surface area contributed by atoms with Crippen molar-refractivity contribution in [3.8, 4) is 17.3 Å². The molecule has 1 fully saturated rings. The zero-order chi connectivity index (χ0) is 23.0. The van der Waals surface area contributed by atoms with E-state index in [0.29, 0.717) is 6.20 Å². The van der Waals surface area contributed by atoms with Gasteiger partial charge in [0, 0.05) is 36.4 Å². The molecule has 168 valence electrons. The Morgan fingerprint density at radius 1 is 1.19 bits per heavy atom. The molecule has 4 rings (SSSR count). The summed E-state index contributed by atoms with van der Waals surface area (Å²) in [6.45, 7) is -0.0574. The third kappa shape index (κ3) is 4.05. The monoisotopic (exact) mass is 455 g/mol. The topological polar surface area (TPSA) is 102 Å². The van der Waals surface area contributed by atoms with Crippen molar-refractivity contribution in [1.82, 2.24) is 20.5 Å². The Labute approximate surface area is 176 Å². The van der Waals surface area contributed by atoms with Crippen LogP contribution in [0.3, 0.4) is 0 Å². The standard InChI is InChI=1S/C19H14F5N5O3/c1-31-9-4-11(20)14(12(21)5-9)10-7-26-16(30)15(10)27-18-29-28-17(32-18)13-3-2-8(6-25-13)19(22,23)24/h2-6,10,15H,7H2,1H3,(H,26,30)(H,27,29)/t10-,15-/m0/s1. The van der Waals surface area contributed by atoms with Gasteiger partial charge in [-0.2, -0.15) is 13.2 Å². The number of carbonyl (C=O) groups excluding carboxylic acids is 1. The van der Waals surface area contributed by atoms with Crippen LogP contribution in [0.4, 0.5) is 28.0 Å². The smallest absolute Gasteiger partial charge is 0.417 e. The van der Waals surface area contributed by atoms with Crippen LogP contribution in [0.5, 0.6) is 5.75 Å². The number of nitrogens with one attached hydrogen (secondary N) is 2. The lowest BCUT2D eigenvalue weighted by molar-refractivity contribution is -0.137. The minimum absolute atomic E-state index is 0.0175. The van der Waals surface area contributed by atoms with Gasteiger partial charge in [-0.15, -0.1) is 5.10 Å². The van der Waals surface area contributed by atoms with Gasteiger partial charge >= 0.3 is 12.2 Å². The fraction of sp³-hybridized carbons (Fsp3) is 0.263. The second kappa shape index (κ2) is 8.05. The summed E-state index contributed by atoms with van der Waals surface area (Å²) in [6, 6.07) is 2.42. The van der Waals surface area contributed by atoms with Crippen molar-refractivity contribution in [2.75, 3.05) is 19.0 Å². The molecule has 0 radical (unpaired) electrons. The molecule has 3 aromatic rings. The molecule has 8 nitrogen and oxygen atoms in total. The lowest BCUT2D eigenvalue weighted by atomic mass is 9.93. The van der Waals surface area contributed by atoms with E-state index in [2.05, 4.69) is 25.8 Å². The molecule has 0 spiro atoms. The van der Waals surface area contributed by atoms with Crippen LogP contribution in [0.1, 0.15) is 17.0 Å². The Hall–Kier alpha value is -3.77. The van der Waals surface area contributed by atoms with Gasteiger partial charge in [0.05, 0.1) is 12.7 Å². The van der Waals surface area contributed by atoms with Crippen LogP contribution in [-0.4, -0.2) is 40.8 Å². The van der Waals surface area contributed by atoms with E-state index >= 15 is 0 Å². The summed E-state index contributed by atoms with van der Waals surface area (Å²) in [5.74, 6) is -3.52. The van der Waals surface area contributed by atoms with Crippen LogP contribution in [0.25, 0.3) is 11.6 Å². The molecule has 0 saturated carbocycles. The maximum absolute atomic E-state index is 14.5. The summed E-state index contributed by atoms with van der Waals surface area (Å²) in [7, 11) is 1.26. The van der Waals surface area contributed by atoms with Crippen molar-refractivity contribution in [1.29, 1.82) is 0 Å². The van der Waals surface area contributed by atoms with Crippen LogP contribution in [0.2, 0.25) is 0 Å². The fourth-order valence-corrected chi connectivity index (χ4v) is 3.30. The van der Waals surface area contributed by atoms with E-state index in [0.717, 1.165) is 24.3 Å². The highest BCUT2D eigenvalue weighted by atomic mass is 19.4. The number of alkyl halides is 3. The first-order valence-electron chi connectivity index (χ1n) is 9.11. The first kappa shape index (κ1) is 21.5. The number of hydrogen-bond acceptors (Lipinski definition) is 7. The summed E-state index contributed by atoms with van der Waals surface area (Å²) in [6.07, 6.45) is -3.94. The minimum atomic E-state index is -4.55. The number of aromatic nitrogens is 3. The van der Waals surface area contributed by atoms with Crippen LogP contribution < -0.4 is 15.4 Å². The molecule has 1 aliphatic heterocycles. The zero-order valence-corrected chi connectivity index (χ0v) is 16.2. The average Bonchev–Trinajstić information content (AvgIpc) is 3.35.